The molecule has 0 spiro atoms. The fourth-order valence-electron chi connectivity index (χ4n) is 1.93. The monoisotopic (exact) mass is 622 g/mol. The Morgan fingerprint density at radius 1 is 0.593 bits per heavy atom. The van der Waals surface area contributed by atoms with Crippen molar-refractivity contribution in [3.8, 4) is 0 Å². The van der Waals surface area contributed by atoms with Crippen molar-refractivity contribution in [1.29, 1.82) is 0 Å². The summed E-state index contributed by atoms with van der Waals surface area (Å²) >= 11 is 73.7. The van der Waals surface area contributed by atoms with E-state index >= 15 is 0 Å². The molecule has 0 rings (SSSR count). The molecule has 0 amide bonds. The van der Waals surface area contributed by atoms with Crippen molar-refractivity contribution in [1.82, 2.24) is 0 Å². The van der Waals surface area contributed by atoms with Crippen molar-refractivity contribution in [2.75, 3.05) is 0 Å². The van der Waals surface area contributed by atoms with Crippen molar-refractivity contribution in [3.05, 3.63) is 0 Å². The fraction of sp³-hybridized carbons (Fsp3) is 1.00. The zero-order valence-electron chi connectivity index (χ0n) is 13.5. The summed E-state index contributed by atoms with van der Waals surface area (Å²) in [6.07, 6.45) is 3.25. The molecule has 2 nitrogen and oxygen atoms in total. The quantitative estimate of drug-likeness (QED) is 0.139. The molecule has 162 valence electrons. The van der Waals surface area contributed by atoms with E-state index in [0.717, 1.165) is 19.3 Å². The Bertz CT molecular complexity index is 495. The van der Waals surface area contributed by atoms with Crippen molar-refractivity contribution in [3.63, 3.8) is 0 Å². The predicted molar refractivity (Wildman–Crippen MR) is 126 cm³/mol. The first kappa shape index (κ1) is 30.5. The van der Waals surface area contributed by atoms with Gasteiger partial charge in [0.05, 0.1) is 0 Å². The molecule has 0 aliphatic carbocycles. The van der Waals surface area contributed by atoms with Gasteiger partial charge in [-0.25, -0.2) is 0 Å². The highest BCUT2D eigenvalue weighted by molar-refractivity contribution is 6.85. The van der Waals surface area contributed by atoms with Gasteiger partial charge in [-0.2, -0.15) is 0 Å². The molecule has 0 atom stereocenters. The molecular weight excluding hydrogens is 612 g/mol. The minimum atomic E-state index is -2.83. The first-order chi connectivity index (χ1) is 11.8. The summed E-state index contributed by atoms with van der Waals surface area (Å²) in [6.45, 7) is 2.01. The van der Waals surface area contributed by atoms with Crippen LogP contribution in [0, 0.1) is 0 Å². The number of halogens is 12. The first-order valence-corrected chi connectivity index (χ1v) is 11.9. The average Bonchev–Trinajstić information content (AvgIpc) is 2.50. The van der Waals surface area contributed by atoms with Gasteiger partial charge in [0.15, 0.2) is 25.9 Å². The standard InChI is InChI=1S/C12H15BCl12O2/c1-2-3-4-5-6-7(14,15)8(16,17)9(18,19)10(20,21)11(22,23)12(24,25)13(26)27/h26-27H,2-6H2,1H3. The van der Waals surface area contributed by atoms with E-state index in [4.69, 9.17) is 139 Å². The van der Waals surface area contributed by atoms with E-state index in [9.17, 15) is 10.0 Å². The molecule has 0 radical (unpaired) electrons. The van der Waals surface area contributed by atoms with Crippen LogP contribution in [0.2, 0.25) is 0 Å². The molecule has 0 aliphatic rings. The van der Waals surface area contributed by atoms with Crippen LogP contribution >= 0.6 is 139 Å². The van der Waals surface area contributed by atoms with Crippen molar-refractivity contribution in [2.24, 2.45) is 0 Å². The normalized spacial score (nSPS) is 15.2. The molecule has 0 heterocycles. The first-order valence-electron chi connectivity index (χ1n) is 7.38. The molecule has 0 aromatic carbocycles. The van der Waals surface area contributed by atoms with E-state index < -0.39 is 33.0 Å². The Balaban J connectivity index is 5.98. The van der Waals surface area contributed by atoms with E-state index in [2.05, 4.69) is 0 Å². The summed E-state index contributed by atoms with van der Waals surface area (Å²) in [5.41, 5.74) is 0. The highest BCUT2D eigenvalue weighted by Gasteiger charge is 2.78. The highest BCUT2D eigenvalue weighted by atomic mass is 35.6. The maximum absolute atomic E-state index is 9.38. The number of rotatable bonds is 11. The predicted octanol–water partition coefficient (Wildman–Crippen LogP) is 8.01. The molecule has 0 saturated heterocycles. The van der Waals surface area contributed by atoms with Crippen LogP contribution in [0.25, 0.3) is 0 Å². The van der Waals surface area contributed by atoms with Gasteiger partial charge in [-0.05, 0) is 6.42 Å². The van der Waals surface area contributed by atoms with Crippen LogP contribution < -0.4 is 0 Å². The van der Waals surface area contributed by atoms with E-state index in [0.29, 0.717) is 6.42 Å². The van der Waals surface area contributed by atoms with Crippen LogP contribution in [0.3, 0.4) is 0 Å². The molecule has 0 aromatic rings. The van der Waals surface area contributed by atoms with Crippen LogP contribution in [-0.4, -0.2) is 43.1 Å². The van der Waals surface area contributed by atoms with Gasteiger partial charge in [0, 0.05) is 0 Å². The van der Waals surface area contributed by atoms with Crippen molar-refractivity contribution < 1.29 is 10.0 Å². The fourth-order valence-corrected chi connectivity index (χ4v) is 5.67. The summed E-state index contributed by atoms with van der Waals surface area (Å²) < 4.78 is -15.6. The van der Waals surface area contributed by atoms with Crippen LogP contribution in [0.15, 0.2) is 0 Å². The lowest BCUT2D eigenvalue weighted by atomic mass is 9.80. The number of hydrogen-bond donors (Lipinski definition) is 2. The van der Waals surface area contributed by atoms with Gasteiger partial charge in [0.25, 0.3) is 0 Å². The van der Waals surface area contributed by atoms with Gasteiger partial charge in [0.1, 0.15) is 0 Å². The number of unbranched alkanes of at least 4 members (excludes halogenated alkanes) is 3. The molecule has 0 saturated carbocycles. The highest BCUT2D eigenvalue weighted by Crippen LogP contribution is 2.69. The van der Waals surface area contributed by atoms with E-state index in [1.54, 1.807) is 0 Å². The number of alkyl halides is 12. The second-order valence-electron chi connectivity index (χ2n) is 5.81. The van der Waals surface area contributed by atoms with Crippen LogP contribution in [-0.2, 0) is 0 Å². The minimum absolute atomic E-state index is 0.0568. The van der Waals surface area contributed by atoms with E-state index in [-0.39, 0.29) is 6.42 Å². The third kappa shape index (κ3) is 5.88. The molecule has 0 bridgehead atoms. The topological polar surface area (TPSA) is 40.5 Å². The molecular formula is C12H15BCl12O2. The van der Waals surface area contributed by atoms with E-state index in [1.165, 1.54) is 0 Å². The average molecular weight is 627 g/mol. The van der Waals surface area contributed by atoms with Gasteiger partial charge in [-0.3, -0.25) is 0 Å². The molecule has 0 fully saturated rings. The van der Waals surface area contributed by atoms with Gasteiger partial charge in [-0.1, -0.05) is 149 Å². The lowest BCUT2D eigenvalue weighted by Gasteiger charge is -2.51. The second kappa shape index (κ2) is 10.6. The van der Waals surface area contributed by atoms with Gasteiger partial charge in [-0.15, -0.1) is 23.2 Å². The molecule has 0 unspecified atom stereocenters. The maximum Gasteiger partial charge on any atom is 0.493 e. The molecule has 15 heteroatoms. The Kier molecular flexibility index (Phi) is 12.0. The summed E-state index contributed by atoms with van der Waals surface area (Å²) in [4.78, 5) is 0. The third-order valence-electron chi connectivity index (χ3n) is 3.73. The Morgan fingerprint density at radius 3 is 1.37 bits per heavy atom. The maximum atomic E-state index is 9.38. The van der Waals surface area contributed by atoms with Crippen molar-refractivity contribution in [2.45, 2.75) is 64.9 Å². The summed E-state index contributed by atoms with van der Waals surface area (Å²) in [5, 5.41) is 18.8. The Hall–Kier alpha value is 3.46. The zero-order valence-corrected chi connectivity index (χ0v) is 22.6. The van der Waals surface area contributed by atoms with Gasteiger partial charge >= 0.3 is 7.12 Å². The van der Waals surface area contributed by atoms with Gasteiger partial charge in [0.2, 0.25) is 0 Å². The largest absolute Gasteiger partial charge is 0.493 e. The SMILES string of the molecule is CCCCCCC(Cl)(Cl)C(Cl)(Cl)C(Cl)(Cl)C(Cl)(Cl)C(Cl)(Cl)C(Cl)(Cl)B(O)O. The molecule has 0 aliphatic heterocycles. The minimum Gasteiger partial charge on any atom is -0.425 e. The lowest BCUT2D eigenvalue weighted by Crippen LogP contribution is -2.68. The Labute approximate surface area is 219 Å². The summed E-state index contributed by atoms with van der Waals surface area (Å²) in [5.74, 6) is 0. The van der Waals surface area contributed by atoms with Crippen molar-refractivity contribution >= 4 is 146 Å². The molecule has 2 N–H and O–H groups in total. The smallest absolute Gasteiger partial charge is 0.425 e. The molecule has 0 aromatic heterocycles. The summed E-state index contributed by atoms with van der Waals surface area (Å²) in [6, 6.07) is 0. The summed E-state index contributed by atoms with van der Waals surface area (Å²) in [7, 11) is -2.51. The lowest BCUT2D eigenvalue weighted by molar-refractivity contribution is 0.377. The third-order valence-corrected chi connectivity index (χ3v) is 12.2. The number of hydrogen-bond acceptors (Lipinski definition) is 2. The Morgan fingerprint density at radius 2 is 1.00 bits per heavy atom. The zero-order chi connectivity index (χ0) is 22.1. The van der Waals surface area contributed by atoms with Crippen LogP contribution in [0.1, 0.15) is 39.0 Å². The van der Waals surface area contributed by atoms with E-state index in [1.807, 2.05) is 6.92 Å². The van der Waals surface area contributed by atoms with Crippen LogP contribution in [0.4, 0.5) is 0 Å². The van der Waals surface area contributed by atoms with Gasteiger partial charge < -0.3 is 10.0 Å². The molecule has 27 heavy (non-hydrogen) atoms. The van der Waals surface area contributed by atoms with Crippen LogP contribution in [0.5, 0.6) is 0 Å². The second-order valence-corrected chi connectivity index (χ2v) is 14.0.